The van der Waals surface area contributed by atoms with Crippen molar-refractivity contribution >= 4 is 16.1 Å². The summed E-state index contributed by atoms with van der Waals surface area (Å²) in [5.41, 5.74) is -0.229. The first-order valence-corrected chi connectivity index (χ1v) is 15.5. The molecule has 9 nitrogen and oxygen atoms in total. The Morgan fingerprint density at radius 1 is 1.12 bits per heavy atom. The number of hydrogen-bond donors (Lipinski definition) is 2. The first-order valence-electron chi connectivity index (χ1n) is 14.1. The lowest BCUT2D eigenvalue weighted by Gasteiger charge is -2.37. The summed E-state index contributed by atoms with van der Waals surface area (Å²) in [7, 11) is -2.53. The number of alkyl carbamates (subject to hydrolysis) is 1. The molecule has 0 bridgehead atoms. The van der Waals surface area contributed by atoms with Crippen molar-refractivity contribution in [3.63, 3.8) is 0 Å². The Morgan fingerprint density at radius 2 is 1.76 bits per heavy atom. The van der Waals surface area contributed by atoms with Gasteiger partial charge in [0.05, 0.1) is 30.2 Å². The second-order valence-electron chi connectivity index (χ2n) is 11.8. The van der Waals surface area contributed by atoms with Gasteiger partial charge in [-0.05, 0) is 81.7 Å². The molecule has 41 heavy (non-hydrogen) atoms. The zero-order chi connectivity index (χ0) is 30.1. The summed E-state index contributed by atoms with van der Waals surface area (Å²) in [6.07, 6.45) is 2.79. The number of carbonyl (C=O) groups is 1. The van der Waals surface area contributed by atoms with Gasteiger partial charge < -0.3 is 19.9 Å². The average Bonchev–Trinajstić information content (AvgIpc) is 3.39. The van der Waals surface area contributed by atoms with Crippen LogP contribution in [0.1, 0.15) is 64.9 Å². The fourth-order valence-electron chi connectivity index (χ4n) is 5.40. The zero-order valence-corrected chi connectivity index (χ0v) is 25.3. The molecule has 1 unspecified atom stereocenters. The number of rotatable bonds is 13. The largest absolute Gasteiger partial charge is 0.497 e. The van der Waals surface area contributed by atoms with E-state index in [0.717, 1.165) is 31.2 Å². The molecule has 1 amide bonds. The normalized spacial score (nSPS) is 16.5. The maximum atomic E-state index is 14.1. The Bertz CT molecular complexity index is 1260. The second-order valence-corrected chi connectivity index (χ2v) is 13.8. The number of aliphatic hydroxyl groups excluding tert-OH is 1. The van der Waals surface area contributed by atoms with Gasteiger partial charge in [0.15, 0.2) is 0 Å². The number of benzene rings is 2. The molecule has 1 aliphatic carbocycles. The summed E-state index contributed by atoms with van der Waals surface area (Å²) in [5, 5.41) is 23.6. The molecule has 0 saturated heterocycles. The molecule has 3 rings (SSSR count). The third-order valence-corrected chi connectivity index (χ3v) is 9.32. The Morgan fingerprint density at radius 3 is 2.32 bits per heavy atom. The lowest BCUT2D eigenvalue weighted by Crippen LogP contribution is -2.52. The van der Waals surface area contributed by atoms with E-state index in [0.29, 0.717) is 18.6 Å². The highest BCUT2D eigenvalue weighted by Gasteiger charge is 2.40. The number of amides is 1. The van der Waals surface area contributed by atoms with E-state index in [2.05, 4.69) is 11.4 Å². The average molecular weight is 586 g/mol. The summed E-state index contributed by atoms with van der Waals surface area (Å²) < 4.78 is 40.1. The molecule has 0 aliphatic heterocycles. The predicted octanol–water partition coefficient (Wildman–Crippen LogP) is 5.05. The number of nitriles is 1. The third kappa shape index (κ3) is 9.45. The molecular formula is C31H43N3O6S. The van der Waals surface area contributed by atoms with Crippen molar-refractivity contribution < 1.29 is 27.8 Å². The van der Waals surface area contributed by atoms with E-state index in [-0.39, 0.29) is 29.8 Å². The van der Waals surface area contributed by atoms with Crippen LogP contribution in [0.5, 0.6) is 5.75 Å². The van der Waals surface area contributed by atoms with Gasteiger partial charge in [-0.3, -0.25) is 0 Å². The minimum Gasteiger partial charge on any atom is -0.497 e. The number of hydrogen-bond acceptors (Lipinski definition) is 7. The topological polar surface area (TPSA) is 129 Å². The van der Waals surface area contributed by atoms with Gasteiger partial charge in [0, 0.05) is 19.5 Å². The van der Waals surface area contributed by atoms with Crippen LogP contribution in [0.4, 0.5) is 4.79 Å². The van der Waals surface area contributed by atoms with Gasteiger partial charge in [-0.25, -0.2) is 13.2 Å². The summed E-state index contributed by atoms with van der Waals surface area (Å²) >= 11 is 0. The lowest BCUT2D eigenvalue weighted by molar-refractivity contribution is 0.0388. The maximum Gasteiger partial charge on any atom is 0.407 e. The molecular weight excluding hydrogens is 542 g/mol. The van der Waals surface area contributed by atoms with E-state index < -0.39 is 33.9 Å². The number of aliphatic hydroxyl groups is 1. The van der Waals surface area contributed by atoms with Gasteiger partial charge in [-0.1, -0.05) is 43.2 Å². The first kappa shape index (κ1) is 32.4. The summed E-state index contributed by atoms with van der Waals surface area (Å²) in [6.45, 7) is 5.18. The van der Waals surface area contributed by atoms with Gasteiger partial charge >= 0.3 is 6.09 Å². The predicted molar refractivity (Wildman–Crippen MR) is 157 cm³/mol. The highest BCUT2D eigenvalue weighted by molar-refractivity contribution is 7.89. The van der Waals surface area contributed by atoms with Gasteiger partial charge in [0.2, 0.25) is 10.0 Å². The van der Waals surface area contributed by atoms with Crippen LogP contribution in [0.3, 0.4) is 0 Å². The molecule has 2 atom stereocenters. The third-order valence-electron chi connectivity index (χ3n) is 7.50. The van der Waals surface area contributed by atoms with Crippen LogP contribution in [0, 0.1) is 16.7 Å². The number of ether oxygens (including phenoxy) is 2. The van der Waals surface area contributed by atoms with Crippen LogP contribution in [-0.2, 0) is 21.2 Å². The highest BCUT2D eigenvalue weighted by atomic mass is 32.2. The van der Waals surface area contributed by atoms with E-state index in [1.807, 2.05) is 30.3 Å². The van der Waals surface area contributed by atoms with E-state index >= 15 is 0 Å². The molecule has 0 aromatic heterocycles. The molecule has 224 valence electrons. The van der Waals surface area contributed by atoms with Crippen LogP contribution in [0.15, 0.2) is 59.5 Å². The van der Waals surface area contributed by atoms with E-state index in [1.165, 1.54) is 23.5 Å². The molecule has 2 aromatic rings. The standard InChI is InChI=1S/C31H43N3O6S/c1-30(2,3)40-29(36)33-27(21-24-11-6-5-7-12-24)28(35)22-34(23-31(19-10-20-32)17-8-9-18-31)41(37,38)26-15-13-25(39-4)14-16-26/h5-7,11-16,27-28,35H,8-10,17-19,21-23H2,1-4H3,(H,33,36)/t27-,28?/m0/s1. The number of nitrogens with zero attached hydrogens (tertiary/aromatic N) is 2. The van der Waals surface area contributed by atoms with Gasteiger partial charge in [0.25, 0.3) is 0 Å². The smallest absolute Gasteiger partial charge is 0.407 e. The summed E-state index contributed by atoms with van der Waals surface area (Å²) in [4.78, 5) is 12.8. The first-order chi connectivity index (χ1) is 19.4. The van der Waals surface area contributed by atoms with Gasteiger partial charge in [-0.2, -0.15) is 9.57 Å². The van der Waals surface area contributed by atoms with E-state index in [4.69, 9.17) is 9.47 Å². The summed E-state index contributed by atoms with van der Waals surface area (Å²) in [6, 6.07) is 16.9. The minimum atomic E-state index is -4.04. The molecule has 10 heteroatoms. The molecule has 0 heterocycles. The number of sulfonamides is 1. The van der Waals surface area contributed by atoms with E-state index in [9.17, 15) is 23.6 Å². The van der Waals surface area contributed by atoms with Crippen molar-refractivity contribution in [2.24, 2.45) is 5.41 Å². The van der Waals surface area contributed by atoms with Crippen molar-refractivity contribution in [2.45, 2.75) is 88.4 Å². The van der Waals surface area contributed by atoms with Crippen LogP contribution in [0.25, 0.3) is 0 Å². The Hall–Kier alpha value is -3.13. The second kappa shape index (κ2) is 14.2. The van der Waals surface area contributed by atoms with Crippen molar-refractivity contribution in [2.75, 3.05) is 20.2 Å². The quantitative estimate of drug-likeness (QED) is 0.337. The summed E-state index contributed by atoms with van der Waals surface area (Å²) in [5.74, 6) is 0.529. The molecule has 1 saturated carbocycles. The van der Waals surface area contributed by atoms with Crippen LogP contribution in [0.2, 0.25) is 0 Å². The van der Waals surface area contributed by atoms with Crippen LogP contribution in [-0.4, -0.2) is 61.9 Å². The number of carbonyl (C=O) groups excluding carboxylic acids is 1. The van der Waals surface area contributed by atoms with Crippen molar-refractivity contribution in [3.8, 4) is 11.8 Å². The lowest BCUT2D eigenvalue weighted by atomic mass is 9.81. The zero-order valence-electron chi connectivity index (χ0n) is 24.5. The van der Waals surface area contributed by atoms with Crippen LogP contribution >= 0.6 is 0 Å². The monoisotopic (exact) mass is 585 g/mol. The van der Waals surface area contributed by atoms with E-state index in [1.54, 1.807) is 32.9 Å². The van der Waals surface area contributed by atoms with Crippen LogP contribution < -0.4 is 10.1 Å². The van der Waals surface area contributed by atoms with Gasteiger partial charge in [0.1, 0.15) is 11.4 Å². The van der Waals surface area contributed by atoms with Crippen molar-refractivity contribution in [1.82, 2.24) is 9.62 Å². The Labute approximate surface area is 244 Å². The number of nitrogens with one attached hydrogen (secondary N) is 1. The molecule has 0 spiro atoms. The fourth-order valence-corrected chi connectivity index (χ4v) is 6.97. The molecule has 2 aromatic carbocycles. The minimum absolute atomic E-state index is 0.0821. The molecule has 1 aliphatic rings. The molecule has 1 fully saturated rings. The highest BCUT2D eigenvalue weighted by Crippen LogP contribution is 2.43. The maximum absolute atomic E-state index is 14.1. The SMILES string of the molecule is COc1ccc(S(=O)(=O)N(CC(O)[C@H](Cc2ccccc2)NC(=O)OC(C)(C)C)CC2(CCC#N)CCCC2)cc1. The van der Waals surface area contributed by atoms with Crippen molar-refractivity contribution in [1.29, 1.82) is 5.26 Å². The Kier molecular flexibility index (Phi) is 11.2. The molecule has 0 radical (unpaired) electrons. The fraction of sp³-hybridized carbons (Fsp3) is 0.548. The number of methoxy groups -OCH3 is 1. The Balaban J connectivity index is 1.95. The van der Waals surface area contributed by atoms with Crippen molar-refractivity contribution in [3.05, 3.63) is 60.2 Å². The van der Waals surface area contributed by atoms with Gasteiger partial charge in [-0.15, -0.1) is 0 Å². The molecule has 2 N–H and O–H groups in total.